The van der Waals surface area contributed by atoms with Crippen molar-refractivity contribution in [2.45, 2.75) is 0 Å². The zero-order valence-corrected chi connectivity index (χ0v) is 22.8. The second kappa shape index (κ2) is 10.5. The van der Waals surface area contributed by atoms with Crippen LogP contribution in [0.4, 0.5) is 0 Å². The molecule has 0 aliphatic carbocycles. The summed E-state index contributed by atoms with van der Waals surface area (Å²) < 4.78 is 47.6. The third-order valence-electron chi connectivity index (χ3n) is 7.45. The Labute approximate surface area is 256 Å². The van der Waals surface area contributed by atoms with Crippen LogP contribution in [0.1, 0.15) is 6.85 Å². The molecule has 0 unspecified atom stereocenters. The molecular weight excluding hydrogens is 526 g/mol. The lowest BCUT2D eigenvalue weighted by atomic mass is 10.0. The Morgan fingerprint density at radius 1 is 0.442 bits per heavy atom. The first kappa shape index (κ1) is 20.1. The van der Waals surface area contributed by atoms with E-state index in [1.165, 1.54) is 0 Å². The first-order valence-corrected chi connectivity index (χ1v) is 13.9. The summed E-state index contributed by atoms with van der Waals surface area (Å²) in [6, 6.07) is 37.5. The predicted octanol–water partition coefficient (Wildman–Crippen LogP) is 10.1. The summed E-state index contributed by atoms with van der Waals surface area (Å²) in [7, 11) is 0. The van der Waals surface area contributed by atoms with Crippen molar-refractivity contribution >= 4 is 21.9 Å². The molecule has 6 aromatic carbocycles. The van der Waals surface area contributed by atoms with Gasteiger partial charge in [-0.25, -0.2) is 15.0 Å². The third kappa shape index (κ3) is 4.65. The van der Waals surface area contributed by atoms with Crippen molar-refractivity contribution in [3.63, 3.8) is 0 Å². The van der Waals surface area contributed by atoms with E-state index in [4.69, 9.17) is 26.2 Å². The average molecular weight is 557 g/mol. The van der Waals surface area contributed by atoms with Crippen molar-refractivity contribution in [3.8, 4) is 56.4 Å². The Kier molecular flexibility index (Phi) is 4.91. The first-order chi connectivity index (χ1) is 23.4. The van der Waals surface area contributed by atoms with Gasteiger partial charge in [0.15, 0.2) is 17.5 Å². The molecule has 0 saturated heterocycles. The summed E-state index contributed by atoms with van der Waals surface area (Å²) in [5.74, 6) is 1.50. The molecular formula is C39H25N3O. The average Bonchev–Trinajstić information content (AvgIpc) is 3.52. The van der Waals surface area contributed by atoms with Crippen molar-refractivity contribution in [3.05, 3.63) is 152 Å². The fraction of sp³-hybridized carbons (Fsp3) is 0. The highest BCUT2D eigenvalue weighted by molar-refractivity contribution is 6.09. The van der Waals surface area contributed by atoms with Gasteiger partial charge in [0.25, 0.3) is 0 Å². The lowest BCUT2D eigenvalue weighted by molar-refractivity contribution is 0.669. The summed E-state index contributed by atoms with van der Waals surface area (Å²) >= 11 is 0. The van der Waals surface area contributed by atoms with Gasteiger partial charge in [-0.05, 0) is 40.5 Å². The normalized spacial score (nSPS) is 12.9. The van der Waals surface area contributed by atoms with Gasteiger partial charge >= 0.3 is 0 Å². The van der Waals surface area contributed by atoms with Crippen molar-refractivity contribution in [2.24, 2.45) is 0 Å². The molecule has 2 heterocycles. The lowest BCUT2D eigenvalue weighted by Crippen LogP contribution is -2.00. The van der Waals surface area contributed by atoms with Crippen LogP contribution in [-0.2, 0) is 0 Å². The smallest absolute Gasteiger partial charge is 0.167 e. The molecule has 4 heteroatoms. The summed E-state index contributed by atoms with van der Waals surface area (Å²) in [4.78, 5) is 14.7. The summed E-state index contributed by atoms with van der Waals surface area (Å²) in [6.45, 7) is 0. The minimum atomic E-state index is -0.429. The molecule has 4 nitrogen and oxygen atoms in total. The standard InChI is InChI=1S/C39H25N3O/c1-4-11-26(12-5-1)28-19-21-30(22-20-28)38-40-37(29-15-8-3-9-16-29)41-39(42-38)34-18-10-17-33-32-24-23-31(25-35(32)43-36(33)34)27-13-6-2-7-14-27/h1-25H/i2D,6D,7D,13D,14D. The fourth-order valence-corrected chi connectivity index (χ4v) is 5.31. The van der Waals surface area contributed by atoms with E-state index < -0.39 is 6.04 Å². The molecule has 8 aromatic rings. The summed E-state index contributed by atoms with van der Waals surface area (Å²) in [5.41, 5.74) is 6.25. The topological polar surface area (TPSA) is 51.8 Å². The lowest BCUT2D eigenvalue weighted by Gasteiger charge is -2.09. The number of hydrogen-bond acceptors (Lipinski definition) is 4. The van der Waals surface area contributed by atoms with E-state index in [9.17, 15) is 0 Å². The number of rotatable bonds is 5. The van der Waals surface area contributed by atoms with Gasteiger partial charge in [0.2, 0.25) is 0 Å². The SMILES string of the molecule is [2H]c1c([2H])c([2H])c(-c2ccc3c(c2)oc2c(-c4nc(-c5ccccc5)nc(-c5ccc(-c6ccccc6)cc5)n4)cccc23)c([2H])c1[2H]. The molecule has 8 rings (SSSR count). The van der Waals surface area contributed by atoms with Gasteiger partial charge in [0.05, 0.1) is 12.4 Å². The Morgan fingerprint density at radius 3 is 1.74 bits per heavy atom. The molecule has 202 valence electrons. The minimum Gasteiger partial charge on any atom is -0.455 e. The molecule has 0 amide bonds. The van der Waals surface area contributed by atoms with Crippen LogP contribution < -0.4 is 0 Å². The van der Waals surface area contributed by atoms with Crippen LogP contribution in [0, 0.1) is 0 Å². The van der Waals surface area contributed by atoms with Crippen LogP contribution in [0.25, 0.3) is 78.4 Å². The number of fused-ring (bicyclic) bond motifs is 3. The van der Waals surface area contributed by atoms with Crippen molar-refractivity contribution < 1.29 is 11.3 Å². The van der Waals surface area contributed by atoms with Crippen molar-refractivity contribution in [2.75, 3.05) is 0 Å². The van der Waals surface area contributed by atoms with Crippen LogP contribution in [0.5, 0.6) is 0 Å². The van der Waals surface area contributed by atoms with Crippen LogP contribution in [0.15, 0.2) is 156 Å². The van der Waals surface area contributed by atoms with Crippen LogP contribution in [0.3, 0.4) is 0 Å². The molecule has 0 atom stereocenters. The zero-order chi connectivity index (χ0) is 32.9. The molecule has 0 saturated carbocycles. The molecule has 0 spiro atoms. The Bertz CT molecular complexity index is 2470. The van der Waals surface area contributed by atoms with Crippen molar-refractivity contribution in [1.82, 2.24) is 15.0 Å². The van der Waals surface area contributed by atoms with E-state index in [1.807, 2.05) is 84.9 Å². The highest BCUT2D eigenvalue weighted by atomic mass is 16.3. The zero-order valence-electron chi connectivity index (χ0n) is 27.8. The number of benzene rings is 6. The Morgan fingerprint density at radius 2 is 1.02 bits per heavy atom. The van der Waals surface area contributed by atoms with Gasteiger partial charge in [-0.1, -0.05) is 133 Å². The molecule has 2 aromatic heterocycles. The quantitative estimate of drug-likeness (QED) is 0.212. The largest absolute Gasteiger partial charge is 0.455 e. The highest BCUT2D eigenvalue weighted by Crippen LogP contribution is 2.37. The maximum absolute atomic E-state index is 8.45. The third-order valence-corrected chi connectivity index (χ3v) is 7.45. The van der Waals surface area contributed by atoms with E-state index in [-0.39, 0.29) is 29.7 Å². The monoisotopic (exact) mass is 556 g/mol. The van der Waals surface area contributed by atoms with Crippen molar-refractivity contribution in [1.29, 1.82) is 0 Å². The first-order valence-electron chi connectivity index (χ1n) is 16.4. The van der Waals surface area contributed by atoms with Crippen LogP contribution in [-0.4, -0.2) is 15.0 Å². The molecule has 0 aliphatic rings. The highest BCUT2D eigenvalue weighted by Gasteiger charge is 2.18. The summed E-state index contributed by atoms with van der Waals surface area (Å²) in [5, 5.41) is 1.66. The van der Waals surface area contributed by atoms with E-state index in [0.29, 0.717) is 39.8 Å². The maximum Gasteiger partial charge on any atom is 0.167 e. The van der Waals surface area contributed by atoms with E-state index in [0.717, 1.165) is 33.0 Å². The number of nitrogens with zero attached hydrogens (tertiary/aromatic N) is 3. The second-order valence-corrected chi connectivity index (χ2v) is 10.1. The molecule has 0 fully saturated rings. The molecule has 0 aliphatic heterocycles. The van der Waals surface area contributed by atoms with Gasteiger partial charge in [-0.15, -0.1) is 0 Å². The van der Waals surface area contributed by atoms with Crippen LogP contribution >= 0.6 is 0 Å². The van der Waals surface area contributed by atoms with Gasteiger partial charge in [-0.3, -0.25) is 0 Å². The van der Waals surface area contributed by atoms with Gasteiger partial charge in [-0.2, -0.15) is 0 Å². The van der Waals surface area contributed by atoms with E-state index in [1.54, 1.807) is 12.1 Å². The van der Waals surface area contributed by atoms with Crippen LogP contribution in [0.2, 0.25) is 0 Å². The van der Waals surface area contributed by atoms with E-state index >= 15 is 0 Å². The number of furan rings is 1. The maximum atomic E-state index is 8.45. The predicted molar refractivity (Wildman–Crippen MR) is 174 cm³/mol. The summed E-state index contributed by atoms with van der Waals surface area (Å²) in [6.07, 6.45) is 0. The second-order valence-electron chi connectivity index (χ2n) is 10.1. The molecule has 0 bridgehead atoms. The number of hydrogen-bond donors (Lipinski definition) is 0. The molecule has 43 heavy (non-hydrogen) atoms. The van der Waals surface area contributed by atoms with Gasteiger partial charge in [0.1, 0.15) is 11.2 Å². The van der Waals surface area contributed by atoms with E-state index in [2.05, 4.69) is 24.3 Å². The minimum absolute atomic E-state index is 0.122. The fourth-order valence-electron chi connectivity index (χ4n) is 5.31. The molecule has 0 radical (unpaired) electrons. The molecule has 0 N–H and O–H groups in total. The Hall–Kier alpha value is -5.87. The van der Waals surface area contributed by atoms with Gasteiger partial charge in [0, 0.05) is 21.9 Å². The number of aromatic nitrogens is 3. The van der Waals surface area contributed by atoms with Gasteiger partial charge < -0.3 is 4.42 Å². The Balaban J connectivity index is 1.28. The number of para-hydroxylation sites is 1.